The molecule has 0 aromatic heterocycles. The van der Waals surface area contributed by atoms with Crippen LogP contribution in [0.5, 0.6) is 0 Å². The third-order valence-corrected chi connectivity index (χ3v) is 12.1. The number of ether oxygens (including phenoxy) is 1. The van der Waals surface area contributed by atoms with Gasteiger partial charge in [0.05, 0.1) is 0 Å². The van der Waals surface area contributed by atoms with E-state index in [2.05, 4.69) is 27.4 Å². The zero-order valence-corrected chi connectivity index (χ0v) is 27.2. The predicted molar refractivity (Wildman–Crippen MR) is 166 cm³/mol. The topological polar surface area (TPSA) is 52.6 Å². The van der Waals surface area contributed by atoms with Gasteiger partial charge < -0.3 is 9.16 Å². The molecule has 0 heterocycles. The molecule has 0 aromatic carbocycles. The van der Waals surface area contributed by atoms with Gasteiger partial charge >= 0.3 is 11.9 Å². The van der Waals surface area contributed by atoms with Gasteiger partial charge in [-0.15, -0.1) is 0 Å². The highest BCUT2D eigenvalue weighted by Crippen LogP contribution is 2.32. The molecule has 5 heteroatoms. The lowest BCUT2D eigenvalue weighted by Gasteiger charge is -2.33. The molecule has 0 bridgehead atoms. The van der Waals surface area contributed by atoms with Gasteiger partial charge in [0.2, 0.25) is 0 Å². The summed E-state index contributed by atoms with van der Waals surface area (Å²) in [5.41, 5.74) is 0.327. The molecule has 0 N–H and O–H groups in total. The van der Waals surface area contributed by atoms with Gasteiger partial charge in [0.25, 0.3) is 8.32 Å². The van der Waals surface area contributed by atoms with Crippen molar-refractivity contribution in [3.05, 3.63) is 12.2 Å². The summed E-state index contributed by atoms with van der Waals surface area (Å²) in [6, 6.07) is 3.17. The summed E-state index contributed by atoms with van der Waals surface area (Å²) in [5, 5.41) is 0. The average Bonchev–Trinajstić information content (AvgIpc) is 2.89. The second-order valence-corrected chi connectivity index (χ2v) is 15.7. The van der Waals surface area contributed by atoms with E-state index in [-0.39, 0.29) is 5.97 Å². The fraction of sp³-hybridized carbons (Fsp3) is 0.879. The van der Waals surface area contributed by atoms with Crippen LogP contribution in [0.1, 0.15) is 163 Å². The highest BCUT2D eigenvalue weighted by molar-refractivity contribution is 6.75. The lowest BCUT2D eigenvalue weighted by atomic mass is 10.1. The number of hydrogen-bond donors (Lipinski definition) is 0. The standard InChI is InChI=1S/C33H64O4Si/c1-7-11-14-17-20-23-27-38(28-24-21-18-15-12-8-2,29-25-22-19-16-13-9-3)37-33(35)31(26-10-4)36-32(34)30(5)6/h31H,5,7-29H2,1-4,6H3. The van der Waals surface area contributed by atoms with Gasteiger partial charge in [-0.3, -0.25) is 0 Å². The summed E-state index contributed by atoms with van der Waals surface area (Å²) in [4.78, 5) is 25.8. The Kier molecular flexibility index (Phi) is 24.2. The van der Waals surface area contributed by atoms with Gasteiger partial charge in [-0.1, -0.05) is 156 Å². The van der Waals surface area contributed by atoms with Crippen LogP contribution < -0.4 is 0 Å². The van der Waals surface area contributed by atoms with Crippen molar-refractivity contribution in [1.29, 1.82) is 0 Å². The maximum absolute atomic E-state index is 13.5. The summed E-state index contributed by atoms with van der Waals surface area (Å²) in [6.45, 7) is 14.1. The van der Waals surface area contributed by atoms with Gasteiger partial charge in [0, 0.05) is 5.57 Å². The molecular formula is C33H64O4Si. The Morgan fingerprint density at radius 2 is 0.974 bits per heavy atom. The van der Waals surface area contributed by atoms with Crippen LogP contribution in [0.4, 0.5) is 0 Å². The average molecular weight is 553 g/mol. The normalized spacial score (nSPS) is 12.3. The molecule has 0 rings (SSSR count). The number of carbonyl (C=O) groups excluding carboxylic acids is 2. The largest absolute Gasteiger partial charge is 0.516 e. The van der Waals surface area contributed by atoms with E-state index in [1.165, 1.54) is 96.3 Å². The second kappa shape index (κ2) is 24.9. The lowest BCUT2D eigenvalue weighted by Crippen LogP contribution is -2.44. The first-order valence-corrected chi connectivity index (χ1v) is 19.0. The van der Waals surface area contributed by atoms with Crippen LogP contribution in [0.3, 0.4) is 0 Å². The van der Waals surface area contributed by atoms with Crippen LogP contribution in [-0.2, 0) is 18.8 Å². The maximum Gasteiger partial charge on any atom is 0.334 e. The Labute approximate surface area is 238 Å². The SMILES string of the molecule is C=C(C)C(=O)OC(CCC)C(=O)O[Si](CCCCCCCC)(CCCCCCCC)CCCCCCCC. The number of esters is 1. The molecule has 0 fully saturated rings. The number of unbranched alkanes of at least 4 members (excludes halogenated alkanes) is 15. The van der Waals surface area contributed by atoms with Crippen LogP contribution in [0.15, 0.2) is 12.2 Å². The molecule has 4 nitrogen and oxygen atoms in total. The quantitative estimate of drug-likeness (QED) is 0.0440. The van der Waals surface area contributed by atoms with Gasteiger partial charge in [-0.2, -0.15) is 0 Å². The monoisotopic (exact) mass is 552 g/mol. The van der Waals surface area contributed by atoms with Gasteiger partial charge in [0.15, 0.2) is 6.10 Å². The van der Waals surface area contributed by atoms with E-state index in [0.29, 0.717) is 12.0 Å². The van der Waals surface area contributed by atoms with E-state index >= 15 is 0 Å². The zero-order chi connectivity index (χ0) is 28.5. The predicted octanol–water partition coefficient (Wildman–Crippen LogP) is 10.8. The molecule has 1 atom stereocenters. The van der Waals surface area contributed by atoms with E-state index in [1.807, 2.05) is 6.92 Å². The van der Waals surface area contributed by atoms with E-state index < -0.39 is 20.4 Å². The van der Waals surface area contributed by atoms with Gasteiger partial charge in [0.1, 0.15) is 0 Å². The minimum absolute atomic E-state index is 0.295. The Bertz CT molecular complexity index is 563. The molecule has 0 aromatic rings. The highest BCUT2D eigenvalue weighted by Gasteiger charge is 2.39. The van der Waals surface area contributed by atoms with E-state index in [1.54, 1.807) is 6.92 Å². The lowest BCUT2D eigenvalue weighted by molar-refractivity contribution is -0.160. The third kappa shape index (κ3) is 19.0. The van der Waals surface area contributed by atoms with Gasteiger partial charge in [-0.05, 0) is 31.5 Å². The van der Waals surface area contributed by atoms with Crippen molar-refractivity contribution in [3.8, 4) is 0 Å². The minimum atomic E-state index is -2.30. The third-order valence-electron chi connectivity index (χ3n) is 7.69. The van der Waals surface area contributed by atoms with Crippen LogP contribution in [0.2, 0.25) is 18.1 Å². The molecule has 224 valence electrons. The zero-order valence-electron chi connectivity index (χ0n) is 26.2. The molecule has 0 aliphatic heterocycles. The first-order valence-electron chi connectivity index (χ1n) is 16.4. The molecule has 0 amide bonds. The molecule has 1 unspecified atom stereocenters. The minimum Gasteiger partial charge on any atom is -0.516 e. The molecule has 0 aliphatic rings. The van der Waals surface area contributed by atoms with Crippen LogP contribution in [-0.4, -0.2) is 26.4 Å². The molecule has 38 heavy (non-hydrogen) atoms. The highest BCUT2D eigenvalue weighted by atomic mass is 28.4. The van der Waals surface area contributed by atoms with Crippen molar-refractivity contribution in [1.82, 2.24) is 0 Å². The Balaban J connectivity index is 5.54. The van der Waals surface area contributed by atoms with Crippen molar-refractivity contribution < 1.29 is 18.8 Å². The molecular weight excluding hydrogens is 488 g/mol. The smallest absolute Gasteiger partial charge is 0.334 e. The van der Waals surface area contributed by atoms with Crippen molar-refractivity contribution in [2.24, 2.45) is 0 Å². The van der Waals surface area contributed by atoms with Crippen LogP contribution >= 0.6 is 0 Å². The van der Waals surface area contributed by atoms with Crippen molar-refractivity contribution in [3.63, 3.8) is 0 Å². The first kappa shape index (κ1) is 36.9. The number of hydrogen-bond acceptors (Lipinski definition) is 4. The first-order chi connectivity index (χ1) is 18.4. The fourth-order valence-corrected chi connectivity index (χ4v) is 9.50. The van der Waals surface area contributed by atoms with E-state index in [4.69, 9.17) is 9.16 Å². The van der Waals surface area contributed by atoms with Crippen LogP contribution in [0, 0.1) is 0 Å². The second-order valence-electron chi connectivity index (χ2n) is 11.6. The Morgan fingerprint density at radius 3 is 1.32 bits per heavy atom. The summed E-state index contributed by atoms with van der Waals surface area (Å²) < 4.78 is 12.2. The Morgan fingerprint density at radius 1 is 0.605 bits per heavy atom. The van der Waals surface area contributed by atoms with Crippen molar-refractivity contribution in [2.45, 2.75) is 187 Å². The molecule has 0 saturated heterocycles. The fourth-order valence-electron chi connectivity index (χ4n) is 5.21. The molecule has 0 spiro atoms. The summed E-state index contributed by atoms with van der Waals surface area (Å²) in [5.74, 6) is -0.786. The number of carbonyl (C=O) groups is 2. The summed E-state index contributed by atoms with van der Waals surface area (Å²) in [6.07, 6.45) is 23.0. The van der Waals surface area contributed by atoms with Gasteiger partial charge in [-0.25, -0.2) is 9.59 Å². The maximum atomic E-state index is 13.5. The summed E-state index contributed by atoms with van der Waals surface area (Å²) >= 11 is 0. The number of rotatable bonds is 27. The van der Waals surface area contributed by atoms with Crippen LogP contribution in [0.25, 0.3) is 0 Å². The molecule has 0 aliphatic carbocycles. The van der Waals surface area contributed by atoms with Crippen molar-refractivity contribution >= 4 is 20.3 Å². The van der Waals surface area contributed by atoms with Crippen molar-refractivity contribution in [2.75, 3.05) is 0 Å². The summed E-state index contributed by atoms with van der Waals surface area (Å²) in [7, 11) is -2.30. The molecule has 0 radical (unpaired) electrons. The van der Waals surface area contributed by atoms with E-state index in [0.717, 1.165) is 43.8 Å². The van der Waals surface area contributed by atoms with E-state index in [9.17, 15) is 9.59 Å². The Hall–Kier alpha value is -1.10. The molecule has 0 saturated carbocycles.